The van der Waals surface area contributed by atoms with Crippen LogP contribution in [-0.2, 0) is 20.9 Å². The Morgan fingerprint density at radius 2 is 1.72 bits per heavy atom. The van der Waals surface area contributed by atoms with E-state index in [0.717, 1.165) is 18.6 Å². The molecule has 1 heterocycles. The first-order valence-corrected chi connectivity index (χ1v) is 18.7. The quantitative estimate of drug-likeness (QED) is 0.225. The van der Waals surface area contributed by atoms with E-state index in [1.165, 1.54) is 72.5 Å². The number of fused-ring (bicyclic) bond motifs is 1. The fourth-order valence-corrected chi connectivity index (χ4v) is 6.78. The predicted molar refractivity (Wildman–Crippen MR) is 194 cm³/mol. The number of nitrogens with zero attached hydrogens (tertiary/aromatic N) is 2. The zero-order chi connectivity index (χ0) is 38.9. The van der Waals surface area contributed by atoms with Crippen molar-refractivity contribution < 1.29 is 50.5 Å². The van der Waals surface area contributed by atoms with Gasteiger partial charge in [-0.05, 0) is 99.8 Å². The molecule has 290 valence electrons. The zero-order valence-corrected chi connectivity index (χ0v) is 31.2. The summed E-state index contributed by atoms with van der Waals surface area (Å²) in [5.74, 6) is -0.171. The number of ether oxygens (including phenoxy) is 3. The second-order valence-electron chi connectivity index (χ2n) is 13.2. The van der Waals surface area contributed by atoms with Gasteiger partial charge in [0.2, 0.25) is 0 Å². The summed E-state index contributed by atoms with van der Waals surface area (Å²) in [4.78, 5) is 30.3. The van der Waals surface area contributed by atoms with Crippen molar-refractivity contribution in [2.75, 3.05) is 50.5 Å². The predicted octanol–water partition coefficient (Wildman–Crippen LogP) is 6.47. The summed E-state index contributed by atoms with van der Waals surface area (Å²) < 4.78 is 85.7. The summed E-state index contributed by atoms with van der Waals surface area (Å²) in [5.41, 5.74) is -0.445. The summed E-state index contributed by atoms with van der Waals surface area (Å²) in [5, 5.41) is 12.8. The lowest BCUT2D eigenvalue weighted by Gasteiger charge is -2.35. The Morgan fingerprint density at radius 3 is 2.34 bits per heavy atom. The van der Waals surface area contributed by atoms with Crippen LogP contribution < -0.4 is 19.5 Å². The molecule has 0 saturated carbocycles. The molecular formula is C37H47F3N4O8S. The molecule has 3 amide bonds. The maximum absolute atomic E-state index is 14.4. The van der Waals surface area contributed by atoms with Crippen molar-refractivity contribution in [1.82, 2.24) is 9.80 Å². The Bertz CT molecular complexity index is 1790. The van der Waals surface area contributed by atoms with E-state index in [9.17, 15) is 36.3 Å². The summed E-state index contributed by atoms with van der Waals surface area (Å²) >= 11 is 0. The number of carbonyl (C=O) groups excluding carboxylic acids is 2. The highest BCUT2D eigenvalue weighted by atomic mass is 32.2. The first kappa shape index (κ1) is 41.2. The molecule has 0 fully saturated rings. The Balaban J connectivity index is 1.59. The van der Waals surface area contributed by atoms with Gasteiger partial charge in [-0.3, -0.25) is 9.52 Å². The lowest BCUT2D eigenvalue weighted by molar-refractivity contribution is -0.137. The van der Waals surface area contributed by atoms with Gasteiger partial charge in [-0.1, -0.05) is 6.92 Å². The van der Waals surface area contributed by atoms with Gasteiger partial charge in [0.25, 0.3) is 15.9 Å². The highest BCUT2D eigenvalue weighted by Crippen LogP contribution is 2.31. The fraction of sp³-hybridized carbons (Fsp3) is 0.459. The molecule has 1 aliphatic heterocycles. The van der Waals surface area contributed by atoms with E-state index in [-0.39, 0.29) is 53.4 Å². The van der Waals surface area contributed by atoms with Crippen LogP contribution in [0.3, 0.4) is 0 Å². The van der Waals surface area contributed by atoms with E-state index in [0.29, 0.717) is 25.2 Å². The van der Waals surface area contributed by atoms with Gasteiger partial charge in [-0.25, -0.2) is 13.2 Å². The monoisotopic (exact) mass is 764 g/mol. The largest absolute Gasteiger partial charge is 0.497 e. The van der Waals surface area contributed by atoms with Gasteiger partial charge in [0, 0.05) is 44.0 Å². The maximum Gasteiger partial charge on any atom is 0.416 e. The van der Waals surface area contributed by atoms with Gasteiger partial charge in [0.15, 0.2) is 0 Å². The molecule has 3 N–H and O–H groups in total. The van der Waals surface area contributed by atoms with Crippen molar-refractivity contribution in [3.8, 4) is 11.5 Å². The number of nitrogens with one attached hydrogen (secondary N) is 2. The smallest absolute Gasteiger partial charge is 0.416 e. The third-order valence-electron chi connectivity index (χ3n) is 8.94. The van der Waals surface area contributed by atoms with E-state index in [1.54, 1.807) is 13.0 Å². The van der Waals surface area contributed by atoms with Crippen molar-refractivity contribution >= 4 is 33.3 Å². The fourth-order valence-electron chi connectivity index (χ4n) is 5.73. The molecule has 0 spiro atoms. The molecule has 0 bridgehead atoms. The van der Waals surface area contributed by atoms with Gasteiger partial charge in [-0.2, -0.15) is 13.2 Å². The Kier molecular flexibility index (Phi) is 14.0. The summed E-state index contributed by atoms with van der Waals surface area (Å²) in [6.45, 7) is 5.52. The van der Waals surface area contributed by atoms with Gasteiger partial charge in [0.1, 0.15) is 11.5 Å². The van der Waals surface area contributed by atoms with Crippen LogP contribution in [0.5, 0.6) is 11.5 Å². The highest BCUT2D eigenvalue weighted by molar-refractivity contribution is 7.92. The standard InChI is InChI=1S/C37H47F3N4O8S/c1-24-21-44(25(2)23-45)35(46)32-20-29(42-53(48,49)31-16-14-30(50-5)15-17-31)13-18-33(32)52-26(3)8-6-7-19-51-34(24)22-43(4)36(47)41-28-11-9-27(10-12-28)37(38,39)40/h9-18,20,24-26,34,42,45H,6-8,19,21-23H2,1-5H3,(H,41,47)/t24-,25-,26-,34-/m0/s1. The van der Waals surface area contributed by atoms with Crippen molar-refractivity contribution in [3.63, 3.8) is 0 Å². The average Bonchev–Trinajstić information content (AvgIpc) is 3.12. The molecule has 0 aliphatic carbocycles. The molecule has 12 nitrogen and oxygen atoms in total. The number of anilines is 2. The first-order chi connectivity index (χ1) is 25.0. The molecular weight excluding hydrogens is 717 g/mol. The zero-order valence-electron chi connectivity index (χ0n) is 30.4. The maximum atomic E-state index is 14.4. The van der Waals surface area contributed by atoms with Gasteiger partial charge < -0.3 is 34.4 Å². The molecule has 0 saturated heterocycles. The first-order valence-electron chi connectivity index (χ1n) is 17.2. The second-order valence-corrected chi connectivity index (χ2v) is 14.9. The van der Waals surface area contributed by atoms with Crippen molar-refractivity contribution in [1.29, 1.82) is 0 Å². The number of urea groups is 1. The SMILES string of the molecule is COc1ccc(S(=O)(=O)Nc2ccc3c(c2)C(=O)N([C@@H](C)CO)C[C@H](C)[C@H](CN(C)C(=O)Nc2ccc(C(F)(F)F)cc2)OCCCC[C@H](C)O3)cc1. The van der Waals surface area contributed by atoms with E-state index in [1.807, 2.05) is 13.8 Å². The number of likely N-dealkylation sites (N-methyl/N-ethyl adjacent to an activating group) is 1. The van der Waals surface area contributed by atoms with Crippen LogP contribution in [0.1, 0.15) is 56.0 Å². The molecule has 4 atom stereocenters. The van der Waals surface area contributed by atoms with Crippen molar-refractivity contribution in [2.24, 2.45) is 5.92 Å². The number of benzene rings is 3. The van der Waals surface area contributed by atoms with Crippen LogP contribution in [0.2, 0.25) is 0 Å². The molecule has 4 rings (SSSR count). The number of halogens is 3. The summed E-state index contributed by atoms with van der Waals surface area (Å²) in [7, 11) is -1.05. The second kappa shape index (κ2) is 18.0. The van der Waals surface area contributed by atoms with E-state index >= 15 is 0 Å². The Hall–Kier alpha value is -4.54. The molecule has 53 heavy (non-hydrogen) atoms. The highest BCUT2D eigenvalue weighted by Gasteiger charge is 2.32. The van der Waals surface area contributed by atoms with Crippen molar-refractivity contribution in [3.05, 3.63) is 77.9 Å². The summed E-state index contributed by atoms with van der Waals surface area (Å²) in [6.07, 6.45) is -3.39. The molecule has 3 aromatic carbocycles. The summed E-state index contributed by atoms with van der Waals surface area (Å²) in [6, 6.07) is 13.2. The molecule has 0 radical (unpaired) electrons. The van der Waals surface area contributed by atoms with Gasteiger partial charge in [0.05, 0.1) is 48.0 Å². The molecule has 16 heteroatoms. The minimum atomic E-state index is -4.51. The van der Waals surface area contributed by atoms with Crippen LogP contribution in [0, 0.1) is 5.92 Å². The number of aliphatic hydroxyl groups is 1. The van der Waals surface area contributed by atoms with Crippen molar-refractivity contribution in [2.45, 2.75) is 69.4 Å². The van der Waals surface area contributed by atoms with Gasteiger partial charge in [-0.15, -0.1) is 0 Å². The van der Waals surface area contributed by atoms with E-state index in [4.69, 9.17) is 14.2 Å². The number of hydrogen-bond donors (Lipinski definition) is 3. The number of sulfonamides is 1. The molecule has 0 aromatic heterocycles. The lowest BCUT2D eigenvalue weighted by Crippen LogP contribution is -2.48. The van der Waals surface area contributed by atoms with Crippen LogP contribution in [0.15, 0.2) is 71.6 Å². The number of alkyl halides is 3. The lowest BCUT2D eigenvalue weighted by atomic mass is 10.0. The van der Waals surface area contributed by atoms with E-state index in [2.05, 4.69) is 10.0 Å². The number of hydrogen-bond acceptors (Lipinski definition) is 8. The van der Waals surface area contributed by atoms with E-state index < -0.39 is 51.8 Å². The number of amides is 3. The topological polar surface area (TPSA) is 147 Å². The Labute approximate surface area is 308 Å². The number of methoxy groups -OCH3 is 1. The minimum absolute atomic E-state index is 0.0111. The number of carbonyl (C=O) groups is 2. The molecule has 1 aliphatic rings. The third kappa shape index (κ3) is 11.2. The van der Waals surface area contributed by atoms with Crippen LogP contribution in [0.25, 0.3) is 0 Å². The average molecular weight is 765 g/mol. The van der Waals surface area contributed by atoms with Gasteiger partial charge >= 0.3 is 12.2 Å². The normalized spacial score (nSPS) is 19.6. The third-order valence-corrected chi connectivity index (χ3v) is 10.3. The number of aliphatic hydroxyl groups excluding tert-OH is 1. The number of rotatable bonds is 9. The van der Waals surface area contributed by atoms with Crippen LogP contribution in [-0.4, -0.2) is 94.0 Å². The van der Waals surface area contributed by atoms with Crippen LogP contribution >= 0.6 is 0 Å². The minimum Gasteiger partial charge on any atom is -0.497 e. The van der Waals surface area contributed by atoms with Crippen LogP contribution in [0.4, 0.5) is 29.3 Å². The molecule has 0 unspecified atom stereocenters. The molecule has 3 aromatic rings. The Morgan fingerprint density at radius 1 is 1.06 bits per heavy atom.